The van der Waals surface area contributed by atoms with Crippen LogP contribution in [0, 0.1) is 5.82 Å². The van der Waals surface area contributed by atoms with Crippen LogP contribution in [0.3, 0.4) is 0 Å². The van der Waals surface area contributed by atoms with Crippen LogP contribution in [0.4, 0.5) is 4.39 Å². The van der Waals surface area contributed by atoms with Gasteiger partial charge in [0.1, 0.15) is 10.8 Å². The van der Waals surface area contributed by atoms with Gasteiger partial charge in [0, 0.05) is 32.4 Å². The molecule has 0 spiro atoms. The summed E-state index contributed by atoms with van der Waals surface area (Å²) in [6.07, 6.45) is 1.61. The van der Waals surface area contributed by atoms with E-state index >= 15 is 0 Å². The molecule has 1 aromatic carbocycles. The van der Waals surface area contributed by atoms with Gasteiger partial charge in [-0.1, -0.05) is 29.4 Å². The number of aromatic nitrogens is 1. The topological polar surface area (TPSA) is 70.6 Å². The molecule has 0 atom stereocenters. The fraction of sp³-hybridized carbons (Fsp3) is 0.294. The summed E-state index contributed by atoms with van der Waals surface area (Å²) >= 11 is 7.27. The van der Waals surface area contributed by atoms with Crippen LogP contribution in [0.15, 0.2) is 52.5 Å². The summed E-state index contributed by atoms with van der Waals surface area (Å²) in [5, 5.41) is 1.07. The Bertz CT molecular complexity index is 935. The first-order valence-corrected chi connectivity index (χ1v) is 10.9. The number of nitrogens with zero attached hydrogens (tertiary/aromatic N) is 3. The van der Waals surface area contributed by atoms with E-state index in [4.69, 9.17) is 11.6 Å². The molecule has 0 aliphatic carbocycles. The molecule has 10 heteroatoms. The molecule has 1 aromatic heterocycles. The molecule has 1 saturated heterocycles. The normalized spacial score (nSPS) is 15.7. The number of hydrogen-bond donors (Lipinski definition) is 0. The Balaban J connectivity index is 1.57. The molecule has 1 aliphatic rings. The zero-order chi connectivity index (χ0) is 19.4. The van der Waals surface area contributed by atoms with E-state index in [0.29, 0.717) is 10.0 Å². The van der Waals surface area contributed by atoms with Crippen molar-refractivity contribution in [2.45, 2.75) is 9.92 Å². The molecular formula is C17H17ClFN3O3S2. The molecule has 2 aromatic rings. The number of halogens is 2. The molecule has 0 radical (unpaired) electrons. The quantitative estimate of drug-likeness (QED) is 0.683. The number of benzene rings is 1. The SMILES string of the molecule is O=C(CSc1ncccc1Cl)N1CCN(S(=O)(=O)c2cccc(F)c2)CC1. The highest BCUT2D eigenvalue weighted by molar-refractivity contribution is 8.00. The Hall–Kier alpha value is -1.68. The maximum atomic E-state index is 13.3. The van der Waals surface area contributed by atoms with Gasteiger partial charge in [-0.2, -0.15) is 4.31 Å². The molecule has 1 fully saturated rings. The monoisotopic (exact) mass is 429 g/mol. The number of thioether (sulfide) groups is 1. The summed E-state index contributed by atoms with van der Waals surface area (Å²) in [6.45, 7) is 0.896. The van der Waals surface area contributed by atoms with Crippen LogP contribution in [0.25, 0.3) is 0 Å². The van der Waals surface area contributed by atoms with Crippen LogP contribution in [0.1, 0.15) is 0 Å². The largest absolute Gasteiger partial charge is 0.339 e. The Morgan fingerprint density at radius 2 is 1.93 bits per heavy atom. The van der Waals surface area contributed by atoms with Gasteiger partial charge in [0.05, 0.1) is 15.7 Å². The van der Waals surface area contributed by atoms with E-state index in [-0.39, 0.29) is 42.7 Å². The van der Waals surface area contributed by atoms with Gasteiger partial charge in [0.15, 0.2) is 0 Å². The maximum Gasteiger partial charge on any atom is 0.243 e. The van der Waals surface area contributed by atoms with Crippen molar-refractivity contribution in [3.8, 4) is 0 Å². The maximum absolute atomic E-state index is 13.3. The van der Waals surface area contributed by atoms with Crippen LogP contribution in [-0.4, -0.2) is 60.4 Å². The number of sulfonamides is 1. The summed E-state index contributed by atoms with van der Waals surface area (Å²) in [7, 11) is -3.77. The molecule has 1 amide bonds. The second kappa shape index (κ2) is 8.55. The third kappa shape index (κ3) is 4.78. The van der Waals surface area contributed by atoms with Crippen LogP contribution in [0.5, 0.6) is 0 Å². The van der Waals surface area contributed by atoms with E-state index in [1.165, 1.54) is 34.3 Å². The molecule has 1 aliphatic heterocycles. The Kier molecular flexibility index (Phi) is 6.36. The molecule has 3 rings (SSSR count). The van der Waals surface area contributed by atoms with Crippen molar-refractivity contribution < 1.29 is 17.6 Å². The fourth-order valence-electron chi connectivity index (χ4n) is 2.65. The molecule has 0 N–H and O–H groups in total. The second-order valence-electron chi connectivity index (χ2n) is 5.82. The number of carbonyl (C=O) groups excluding carboxylic acids is 1. The number of carbonyl (C=O) groups is 1. The summed E-state index contributed by atoms with van der Waals surface area (Å²) in [4.78, 5) is 18.0. The summed E-state index contributed by atoms with van der Waals surface area (Å²) in [5.41, 5.74) is 0. The van der Waals surface area contributed by atoms with Crippen LogP contribution in [-0.2, 0) is 14.8 Å². The molecular weight excluding hydrogens is 413 g/mol. The Labute approximate surface area is 166 Å². The van der Waals surface area contributed by atoms with Gasteiger partial charge in [-0.05, 0) is 30.3 Å². The smallest absolute Gasteiger partial charge is 0.243 e. The number of hydrogen-bond acceptors (Lipinski definition) is 5. The standard InChI is InChI=1S/C17H17ClFN3O3S2/c18-15-5-2-6-20-17(15)26-12-16(23)21-7-9-22(10-8-21)27(24,25)14-4-1-3-13(19)11-14/h1-6,11H,7-10,12H2. The Morgan fingerprint density at radius 3 is 2.59 bits per heavy atom. The minimum absolute atomic E-state index is 0.0809. The Morgan fingerprint density at radius 1 is 1.19 bits per heavy atom. The van der Waals surface area contributed by atoms with Crippen molar-refractivity contribution in [2.24, 2.45) is 0 Å². The lowest BCUT2D eigenvalue weighted by Crippen LogP contribution is -2.50. The average molecular weight is 430 g/mol. The van der Waals surface area contributed by atoms with Gasteiger partial charge < -0.3 is 4.90 Å². The number of piperazine rings is 1. The lowest BCUT2D eigenvalue weighted by molar-refractivity contribution is -0.129. The van der Waals surface area contributed by atoms with Gasteiger partial charge >= 0.3 is 0 Å². The highest BCUT2D eigenvalue weighted by Crippen LogP contribution is 2.25. The summed E-state index contributed by atoms with van der Waals surface area (Å²) in [5.74, 6) is -0.535. The van der Waals surface area contributed by atoms with Gasteiger partial charge in [0.2, 0.25) is 15.9 Å². The molecule has 0 saturated carbocycles. The van der Waals surface area contributed by atoms with E-state index in [0.717, 1.165) is 6.07 Å². The summed E-state index contributed by atoms with van der Waals surface area (Å²) in [6, 6.07) is 8.34. The van der Waals surface area contributed by atoms with Crippen molar-refractivity contribution in [1.82, 2.24) is 14.2 Å². The highest BCUT2D eigenvalue weighted by atomic mass is 35.5. The zero-order valence-electron chi connectivity index (χ0n) is 14.2. The van der Waals surface area contributed by atoms with Gasteiger partial charge in [-0.15, -0.1) is 0 Å². The van der Waals surface area contributed by atoms with Gasteiger partial charge in [-0.25, -0.2) is 17.8 Å². The fourth-order valence-corrected chi connectivity index (χ4v) is 5.18. The van der Waals surface area contributed by atoms with Crippen LogP contribution in [0.2, 0.25) is 5.02 Å². The van der Waals surface area contributed by atoms with Crippen LogP contribution < -0.4 is 0 Å². The van der Waals surface area contributed by atoms with Crippen molar-refractivity contribution in [2.75, 3.05) is 31.9 Å². The second-order valence-corrected chi connectivity index (χ2v) is 9.13. The number of amides is 1. The number of pyridine rings is 1. The molecule has 2 heterocycles. The predicted molar refractivity (Wildman–Crippen MR) is 102 cm³/mol. The highest BCUT2D eigenvalue weighted by Gasteiger charge is 2.30. The van der Waals surface area contributed by atoms with E-state index in [2.05, 4.69) is 4.98 Å². The van der Waals surface area contributed by atoms with Gasteiger partial charge in [0.25, 0.3) is 0 Å². The third-order valence-electron chi connectivity index (χ3n) is 4.08. The zero-order valence-corrected chi connectivity index (χ0v) is 16.6. The lowest BCUT2D eigenvalue weighted by Gasteiger charge is -2.34. The molecule has 144 valence electrons. The van der Waals surface area contributed by atoms with Crippen molar-refractivity contribution >= 4 is 39.3 Å². The molecule has 0 unspecified atom stereocenters. The first-order valence-electron chi connectivity index (χ1n) is 8.15. The van der Waals surface area contributed by atoms with Crippen molar-refractivity contribution in [3.63, 3.8) is 0 Å². The number of rotatable bonds is 5. The van der Waals surface area contributed by atoms with Crippen molar-refractivity contribution in [1.29, 1.82) is 0 Å². The third-order valence-corrected chi connectivity index (χ3v) is 7.38. The van der Waals surface area contributed by atoms with Crippen LogP contribution >= 0.6 is 23.4 Å². The average Bonchev–Trinajstić information content (AvgIpc) is 2.67. The first-order chi connectivity index (χ1) is 12.9. The molecule has 0 bridgehead atoms. The minimum Gasteiger partial charge on any atom is -0.339 e. The van der Waals surface area contributed by atoms with E-state index in [1.54, 1.807) is 23.2 Å². The predicted octanol–water partition coefficient (Wildman–Crippen LogP) is 2.50. The molecule has 6 nitrogen and oxygen atoms in total. The lowest BCUT2D eigenvalue weighted by atomic mass is 10.3. The van der Waals surface area contributed by atoms with Crippen molar-refractivity contribution in [3.05, 3.63) is 53.4 Å². The first kappa shape index (κ1) is 20.1. The van der Waals surface area contributed by atoms with Gasteiger partial charge in [-0.3, -0.25) is 4.79 Å². The van der Waals surface area contributed by atoms with E-state index < -0.39 is 15.8 Å². The molecule has 27 heavy (non-hydrogen) atoms. The minimum atomic E-state index is -3.77. The van der Waals surface area contributed by atoms with E-state index in [9.17, 15) is 17.6 Å². The summed E-state index contributed by atoms with van der Waals surface area (Å²) < 4.78 is 39.8. The van der Waals surface area contributed by atoms with E-state index in [1.807, 2.05) is 0 Å².